The molecule has 8 heteroatoms. The summed E-state index contributed by atoms with van der Waals surface area (Å²) >= 11 is 9.19. The van der Waals surface area contributed by atoms with Gasteiger partial charge in [-0.1, -0.05) is 26.8 Å². The van der Waals surface area contributed by atoms with Gasteiger partial charge in [0.2, 0.25) is 5.91 Å². The molecule has 0 spiro atoms. The van der Waals surface area contributed by atoms with Crippen molar-refractivity contribution in [2.45, 2.75) is 18.2 Å². The molecule has 1 unspecified atom stereocenters. The summed E-state index contributed by atoms with van der Waals surface area (Å²) in [7, 11) is 1.53. The fraction of sp³-hybridized carbons (Fsp3) is 0.357. The van der Waals surface area contributed by atoms with E-state index in [4.69, 9.17) is 16.3 Å². The molecule has 1 aromatic rings. The molecule has 1 aliphatic heterocycles. The molecule has 1 atom stereocenters. The Morgan fingerprint density at radius 2 is 2.23 bits per heavy atom. The quantitative estimate of drug-likeness (QED) is 0.498. The predicted molar refractivity (Wildman–Crippen MR) is 79.3 cm³/mol. The van der Waals surface area contributed by atoms with E-state index in [2.05, 4.69) is 22.0 Å². The average Bonchev–Trinajstić information content (AvgIpc) is 2.44. The topological polar surface area (TPSA) is 29.5 Å². The Morgan fingerprint density at radius 1 is 1.55 bits per heavy atom. The van der Waals surface area contributed by atoms with E-state index in [9.17, 15) is 13.6 Å². The SMILES string of the molecule is COc1ccc(C2=[C-]CC(Cl)C(=O)N2CC(F)F)c(Br)c1.[Y]. The summed E-state index contributed by atoms with van der Waals surface area (Å²) in [4.78, 5) is 13.0. The molecule has 1 aliphatic rings. The molecule has 1 radical (unpaired) electrons. The van der Waals surface area contributed by atoms with Crippen LogP contribution in [-0.4, -0.2) is 36.3 Å². The van der Waals surface area contributed by atoms with Crippen molar-refractivity contribution >= 4 is 39.1 Å². The normalized spacial score (nSPS) is 18.1. The number of halogens is 4. The molecule has 117 valence electrons. The second-order valence-electron chi connectivity index (χ2n) is 4.38. The molecule has 0 saturated carbocycles. The number of hydrogen-bond donors (Lipinski definition) is 0. The van der Waals surface area contributed by atoms with Crippen LogP contribution in [0.15, 0.2) is 22.7 Å². The maximum atomic E-state index is 12.7. The van der Waals surface area contributed by atoms with Crippen molar-refractivity contribution in [3.8, 4) is 5.75 Å². The Labute approximate surface area is 166 Å². The van der Waals surface area contributed by atoms with Gasteiger partial charge in [0.1, 0.15) is 11.1 Å². The molecule has 0 aliphatic carbocycles. The second kappa shape index (κ2) is 8.71. The van der Waals surface area contributed by atoms with Crippen LogP contribution in [-0.2, 0) is 37.5 Å². The number of carbonyl (C=O) groups is 1. The third-order valence-electron chi connectivity index (χ3n) is 3.00. The van der Waals surface area contributed by atoms with Crippen LogP contribution in [0.25, 0.3) is 5.70 Å². The zero-order valence-electron chi connectivity index (χ0n) is 11.7. The molecule has 0 aromatic heterocycles. The summed E-state index contributed by atoms with van der Waals surface area (Å²) in [5, 5.41) is -0.857. The zero-order valence-corrected chi connectivity index (χ0v) is 16.8. The van der Waals surface area contributed by atoms with Crippen LogP contribution >= 0.6 is 27.5 Å². The monoisotopic (exact) mass is 467 g/mol. The third kappa shape index (κ3) is 4.50. The molecule has 0 fully saturated rings. The number of methoxy groups -OCH3 is 1. The number of benzene rings is 1. The first-order chi connectivity index (χ1) is 9.93. The van der Waals surface area contributed by atoms with Crippen LogP contribution in [0.4, 0.5) is 8.78 Å². The van der Waals surface area contributed by atoms with Gasteiger partial charge in [-0.05, 0) is 12.1 Å². The van der Waals surface area contributed by atoms with Gasteiger partial charge in [0.15, 0.2) is 0 Å². The molecule has 0 N–H and O–H groups in total. The summed E-state index contributed by atoms with van der Waals surface area (Å²) in [6.07, 6.45) is 0.475. The molecule has 22 heavy (non-hydrogen) atoms. The first-order valence-electron chi connectivity index (χ1n) is 6.12. The number of nitrogens with zero attached hydrogens (tertiary/aromatic N) is 1. The minimum absolute atomic E-state index is 0. The van der Waals surface area contributed by atoms with Crippen LogP contribution in [0.3, 0.4) is 0 Å². The summed E-state index contributed by atoms with van der Waals surface area (Å²) in [6.45, 7) is -0.706. The molecule has 3 nitrogen and oxygen atoms in total. The second-order valence-corrected chi connectivity index (χ2v) is 5.76. The first kappa shape index (κ1) is 20.0. The standard InChI is InChI=1S/C14H12BrClF2NO2.Y/c1-21-8-2-3-9(10(15)6-8)12-5-4-11(16)14(20)19(12)7-13(17)18;/h2-3,6,11,13H,4,7H2,1H3;/q-1;. The van der Waals surface area contributed by atoms with Crippen LogP contribution in [0.1, 0.15) is 12.0 Å². The van der Waals surface area contributed by atoms with Crippen molar-refractivity contribution in [1.82, 2.24) is 4.90 Å². The zero-order chi connectivity index (χ0) is 15.6. The molecular weight excluding hydrogens is 456 g/mol. The number of amides is 1. The maximum Gasteiger partial charge on any atom is 0.256 e. The van der Waals surface area contributed by atoms with Crippen molar-refractivity contribution in [3.63, 3.8) is 0 Å². The Kier molecular flexibility index (Phi) is 7.93. The third-order valence-corrected chi connectivity index (χ3v) is 4.00. The Bertz CT molecular complexity index is 586. The van der Waals surface area contributed by atoms with E-state index in [0.717, 1.165) is 4.90 Å². The van der Waals surface area contributed by atoms with E-state index in [1.807, 2.05) is 0 Å². The maximum absolute atomic E-state index is 12.7. The predicted octanol–water partition coefficient (Wildman–Crippen LogP) is 3.70. The largest absolute Gasteiger partial charge is 0.497 e. The Hall–Kier alpha value is -0.0361. The Morgan fingerprint density at radius 3 is 2.77 bits per heavy atom. The number of rotatable bonds is 4. The molecule has 0 bridgehead atoms. The van der Waals surface area contributed by atoms with E-state index < -0.39 is 24.3 Å². The van der Waals surface area contributed by atoms with Gasteiger partial charge in [0.05, 0.1) is 13.7 Å². The molecule has 2 rings (SSSR count). The number of carbonyl (C=O) groups excluding carboxylic acids is 1. The minimum Gasteiger partial charge on any atom is -0.497 e. The van der Waals surface area contributed by atoms with E-state index in [-0.39, 0.29) is 39.1 Å². The van der Waals surface area contributed by atoms with Crippen LogP contribution in [0.2, 0.25) is 0 Å². The van der Waals surface area contributed by atoms with Crippen molar-refractivity contribution in [3.05, 3.63) is 34.3 Å². The van der Waals surface area contributed by atoms with Gasteiger partial charge in [0, 0.05) is 32.7 Å². The van der Waals surface area contributed by atoms with Crippen molar-refractivity contribution in [2.24, 2.45) is 0 Å². The Balaban J connectivity index is 0.00000242. The van der Waals surface area contributed by atoms with Gasteiger partial charge >= 0.3 is 0 Å². The van der Waals surface area contributed by atoms with E-state index in [1.165, 1.54) is 7.11 Å². The molecule has 1 heterocycles. The van der Waals surface area contributed by atoms with Crippen LogP contribution in [0.5, 0.6) is 5.75 Å². The van der Waals surface area contributed by atoms with Gasteiger partial charge in [-0.3, -0.25) is 4.79 Å². The summed E-state index contributed by atoms with van der Waals surface area (Å²) < 4.78 is 31.2. The molecular formula is C14H12BrClF2NO2Y-. The van der Waals surface area contributed by atoms with Crippen molar-refractivity contribution in [1.29, 1.82) is 0 Å². The molecule has 1 aromatic carbocycles. The van der Waals surface area contributed by atoms with Crippen LogP contribution in [0, 0.1) is 6.08 Å². The van der Waals surface area contributed by atoms with Gasteiger partial charge in [0.25, 0.3) is 6.43 Å². The van der Waals surface area contributed by atoms with Gasteiger partial charge < -0.3 is 9.64 Å². The first-order valence-corrected chi connectivity index (χ1v) is 7.35. The number of alkyl halides is 3. The summed E-state index contributed by atoms with van der Waals surface area (Å²) in [6, 6.07) is 5.07. The van der Waals surface area contributed by atoms with E-state index in [0.29, 0.717) is 21.5 Å². The fourth-order valence-corrected chi connectivity index (χ4v) is 2.76. The number of hydrogen-bond acceptors (Lipinski definition) is 2. The minimum atomic E-state index is -2.65. The van der Waals surface area contributed by atoms with Crippen molar-refractivity contribution in [2.75, 3.05) is 13.7 Å². The fourth-order valence-electron chi connectivity index (χ4n) is 2.02. The van der Waals surface area contributed by atoms with E-state index in [1.54, 1.807) is 18.2 Å². The molecule has 0 saturated heterocycles. The number of allylic oxidation sites excluding steroid dienone is 1. The van der Waals surface area contributed by atoms with Crippen molar-refractivity contribution < 1.29 is 51.0 Å². The van der Waals surface area contributed by atoms with Crippen LogP contribution < -0.4 is 4.74 Å². The smallest absolute Gasteiger partial charge is 0.256 e. The number of ether oxygens (including phenoxy) is 1. The van der Waals surface area contributed by atoms with E-state index >= 15 is 0 Å². The summed E-state index contributed by atoms with van der Waals surface area (Å²) in [5.74, 6) is 0.0809. The van der Waals surface area contributed by atoms with Gasteiger partial charge in [-0.15, -0.1) is 28.9 Å². The van der Waals surface area contributed by atoms with Gasteiger partial charge in [-0.25, -0.2) is 14.9 Å². The van der Waals surface area contributed by atoms with Gasteiger partial charge in [-0.2, -0.15) is 0 Å². The summed E-state index contributed by atoms with van der Waals surface area (Å²) in [5.41, 5.74) is 0.903. The average molecular weight is 469 g/mol. The molecule has 1 amide bonds.